The summed E-state index contributed by atoms with van der Waals surface area (Å²) < 4.78 is 17.5. The molecule has 1 rings (SSSR count). The Kier molecular flexibility index (Phi) is 2.90. The molecule has 0 aliphatic carbocycles. The first-order valence-electron chi connectivity index (χ1n) is 3.50. The van der Waals surface area contributed by atoms with Crippen LogP contribution in [0.3, 0.4) is 0 Å². The van der Waals surface area contributed by atoms with E-state index in [1.54, 1.807) is 12.1 Å². The Bertz CT molecular complexity index is 205. The van der Waals surface area contributed by atoms with Crippen molar-refractivity contribution in [2.45, 2.75) is 6.42 Å². The maximum absolute atomic E-state index is 12.3. The first-order valence-corrected chi connectivity index (χ1v) is 3.50. The highest BCUT2D eigenvalue weighted by Gasteiger charge is 1.91. The van der Waals surface area contributed by atoms with Gasteiger partial charge in [-0.15, -0.1) is 0 Å². The topological polar surface area (TPSA) is 9.23 Å². The zero-order valence-electron chi connectivity index (χ0n) is 6.22. The van der Waals surface area contributed by atoms with Gasteiger partial charge in [0.25, 0.3) is 0 Å². The Labute approximate surface area is 65.8 Å². The Morgan fingerprint density at radius 1 is 1.27 bits per heavy atom. The molecule has 0 heterocycles. The second-order valence-electron chi connectivity index (χ2n) is 2.16. The summed E-state index contributed by atoms with van der Waals surface area (Å²) in [4.78, 5) is 0. The van der Waals surface area contributed by atoms with Gasteiger partial charge in [-0.1, -0.05) is 0 Å². The quantitative estimate of drug-likeness (QED) is 0.648. The van der Waals surface area contributed by atoms with Gasteiger partial charge in [0.05, 0.1) is 6.61 Å². The lowest BCUT2D eigenvalue weighted by atomic mass is 10.3. The highest BCUT2D eigenvalue weighted by molar-refractivity contribution is 5.21. The molecule has 1 radical (unpaired) electrons. The lowest BCUT2D eigenvalue weighted by Crippen LogP contribution is -1.94. The van der Waals surface area contributed by atoms with Crippen molar-refractivity contribution >= 4 is 0 Å². The fourth-order valence-corrected chi connectivity index (χ4v) is 0.721. The Morgan fingerprint density at radius 2 is 1.91 bits per heavy atom. The van der Waals surface area contributed by atoms with Crippen LogP contribution in [0.1, 0.15) is 6.42 Å². The van der Waals surface area contributed by atoms with Crippen LogP contribution in [0.2, 0.25) is 0 Å². The van der Waals surface area contributed by atoms with Gasteiger partial charge < -0.3 is 4.74 Å². The van der Waals surface area contributed by atoms with Crippen LogP contribution >= 0.6 is 0 Å². The summed E-state index contributed by atoms with van der Waals surface area (Å²) in [5.74, 6) is 0.446. The molecule has 0 N–H and O–H groups in total. The standard InChI is InChI=1S/C9H10FO/c1-2-7-11-9-5-3-8(10)4-6-9/h3-6H,1-2,7H2. The Balaban J connectivity index is 2.52. The summed E-state index contributed by atoms with van der Waals surface area (Å²) in [5, 5.41) is 0. The molecule has 0 bridgehead atoms. The highest BCUT2D eigenvalue weighted by Crippen LogP contribution is 2.10. The number of ether oxygens (including phenoxy) is 1. The molecular weight excluding hydrogens is 143 g/mol. The van der Waals surface area contributed by atoms with E-state index in [9.17, 15) is 4.39 Å². The van der Waals surface area contributed by atoms with E-state index in [0.717, 1.165) is 6.42 Å². The van der Waals surface area contributed by atoms with E-state index in [4.69, 9.17) is 4.74 Å². The number of halogens is 1. The molecule has 0 aromatic heterocycles. The monoisotopic (exact) mass is 153 g/mol. The molecule has 1 nitrogen and oxygen atoms in total. The van der Waals surface area contributed by atoms with Crippen LogP contribution in [-0.2, 0) is 0 Å². The summed E-state index contributed by atoms with van der Waals surface area (Å²) >= 11 is 0. The summed E-state index contributed by atoms with van der Waals surface area (Å²) in [6, 6.07) is 5.95. The highest BCUT2D eigenvalue weighted by atomic mass is 19.1. The van der Waals surface area contributed by atoms with Crippen LogP contribution in [0.25, 0.3) is 0 Å². The molecule has 0 saturated carbocycles. The second kappa shape index (κ2) is 3.96. The minimum Gasteiger partial charge on any atom is -0.494 e. The largest absolute Gasteiger partial charge is 0.494 e. The Morgan fingerprint density at radius 3 is 2.45 bits per heavy atom. The molecule has 1 aromatic rings. The third-order valence-electron chi connectivity index (χ3n) is 1.23. The normalized spacial score (nSPS) is 9.64. The van der Waals surface area contributed by atoms with E-state index in [2.05, 4.69) is 6.92 Å². The van der Waals surface area contributed by atoms with E-state index in [0.29, 0.717) is 12.4 Å². The van der Waals surface area contributed by atoms with Crippen molar-refractivity contribution in [3.05, 3.63) is 37.0 Å². The summed E-state index contributed by atoms with van der Waals surface area (Å²) in [6.07, 6.45) is 0.720. The van der Waals surface area contributed by atoms with E-state index < -0.39 is 0 Å². The van der Waals surface area contributed by atoms with Gasteiger partial charge in [0.1, 0.15) is 11.6 Å². The number of rotatable bonds is 3. The fraction of sp³-hybridized carbons (Fsp3) is 0.222. The lowest BCUT2D eigenvalue weighted by Gasteiger charge is -2.02. The number of benzene rings is 1. The maximum atomic E-state index is 12.3. The van der Waals surface area contributed by atoms with Gasteiger partial charge >= 0.3 is 0 Å². The first kappa shape index (κ1) is 8.05. The molecule has 0 atom stereocenters. The predicted molar refractivity (Wildman–Crippen MR) is 41.9 cm³/mol. The minimum absolute atomic E-state index is 0.244. The van der Waals surface area contributed by atoms with Gasteiger partial charge in [0, 0.05) is 0 Å². The molecule has 0 unspecified atom stereocenters. The molecular formula is C9H10FO. The van der Waals surface area contributed by atoms with Crippen LogP contribution in [-0.4, -0.2) is 6.61 Å². The molecule has 1 aromatic carbocycles. The molecule has 0 amide bonds. The van der Waals surface area contributed by atoms with Crippen molar-refractivity contribution < 1.29 is 9.13 Å². The van der Waals surface area contributed by atoms with Gasteiger partial charge in [-0.3, -0.25) is 0 Å². The van der Waals surface area contributed by atoms with Crippen LogP contribution in [0.4, 0.5) is 4.39 Å². The van der Waals surface area contributed by atoms with Crippen molar-refractivity contribution in [3.63, 3.8) is 0 Å². The first-order chi connectivity index (χ1) is 5.33. The Hall–Kier alpha value is -1.05. The molecule has 0 fully saturated rings. The molecule has 59 valence electrons. The van der Waals surface area contributed by atoms with Crippen molar-refractivity contribution in [1.29, 1.82) is 0 Å². The van der Waals surface area contributed by atoms with Gasteiger partial charge in [-0.05, 0) is 37.6 Å². The minimum atomic E-state index is -0.244. The van der Waals surface area contributed by atoms with Crippen molar-refractivity contribution in [2.24, 2.45) is 0 Å². The van der Waals surface area contributed by atoms with E-state index in [1.807, 2.05) is 0 Å². The average Bonchev–Trinajstić information content (AvgIpc) is 2.04. The summed E-state index contributed by atoms with van der Waals surface area (Å²) in [7, 11) is 0. The maximum Gasteiger partial charge on any atom is 0.123 e. The zero-order valence-corrected chi connectivity index (χ0v) is 6.22. The molecule has 0 saturated heterocycles. The average molecular weight is 153 g/mol. The fourth-order valence-electron chi connectivity index (χ4n) is 0.721. The van der Waals surface area contributed by atoms with Gasteiger partial charge in [0.2, 0.25) is 0 Å². The molecule has 0 spiro atoms. The van der Waals surface area contributed by atoms with E-state index in [1.165, 1.54) is 12.1 Å². The van der Waals surface area contributed by atoms with E-state index in [-0.39, 0.29) is 5.82 Å². The molecule has 2 heteroatoms. The predicted octanol–water partition coefficient (Wildman–Crippen LogP) is 2.43. The SMILES string of the molecule is [CH2]CCOc1ccc(F)cc1. The number of hydrogen-bond acceptors (Lipinski definition) is 1. The summed E-state index contributed by atoms with van der Waals surface area (Å²) in [5.41, 5.74) is 0. The van der Waals surface area contributed by atoms with Crippen LogP contribution in [0, 0.1) is 12.7 Å². The van der Waals surface area contributed by atoms with Crippen molar-refractivity contribution in [1.82, 2.24) is 0 Å². The lowest BCUT2D eigenvalue weighted by molar-refractivity contribution is 0.324. The van der Waals surface area contributed by atoms with Gasteiger partial charge in [-0.25, -0.2) is 4.39 Å². The summed E-state index contributed by atoms with van der Waals surface area (Å²) in [6.45, 7) is 4.19. The zero-order chi connectivity index (χ0) is 8.10. The van der Waals surface area contributed by atoms with Gasteiger partial charge in [-0.2, -0.15) is 0 Å². The molecule has 0 aliphatic rings. The van der Waals surface area contributed by atoms with Crippen LogP contribution < -0.4 is 4.74 Å². The van der Waals surface area contributed by atoms with Crippen molar-refractivity contribution in [2.75, 3.05) is 6.61 Å². The number of hydrogen-bond donors (Lipinski definition) is 0. The third-order valence-corrected chi connectivity index (χ3v) is 1.23. The van der Waals surface area contributed by atoms with E-state index >= 15 is 0 Å². The van der Waals surface area contributed by atoms with Crippen LogP contribution in [0.15, 0.2) is 24.3 Å². The third kappa shape index (κ3) is 2.58. The van der Waals surface area contributed by atoms with Gasteiger partial charge in [0.15, 0.2) is 0 Å². The second-order valence-corrected chi connectivity index (χ2v) is 2.16. The molecule has 11 heavy (non-hydrogen) atoms. The molecule has 0 aliphatic heterocycles. The van der Waals surface area contributed by atoms with Crippen molar-refractivity contribution in [3.8, 4) is 5.75 Å². The van der Waals surface area contributed by atoms with Crippen LogP contribution in [0.5, 0.6) is 5.75 Å². The smallest absolute Gasteiger partial charge is 0.123 e.